The molecule has 0 aliphatic heterocycles. The lowest BCUT2D eigenvalue weighted by Gasteiger charge is -2.11. The van der Waals surface area contributed by atoms with Crippen LogP contribution in [0.5, 0.6) is 11.5 Å². The molecule has 0 fully saturated rings. The minimum atomic E-state index is -0.437. The highest BCUT2D eigenvalue weighted by Gasteiger charge is 2.19. The summed E-state index contributed by atoms with van der Waals surface area (Å²) in [6.45, 7) is 1.60. The number of hydrogen-bond donors (Lipinski definition) is 1. The largest absolute Gasteiger partial charge is 0.497 e. The summed E-state index contributed by atoms with van der Waals surface area (Å²) in [5.41, 5.74) is 2.62. The maximum Gasteiger partial charge on any atom is 0.264 e. The van der Waals surface area contributed by atoms with Gasteiger partial charge in [-0.3, -0.25) is 14.9 Å². The normalized spacial score (nSPS) is 11.0. The highest BCUT2D eigenvalue weighted by molar-refractivity contribution is 7.22. The van der Waals surface area contributed by atoms with Crippen molar-refractivity contribution in [3.05, 3.63) is 82.5 Å². The Morgan fingerprint density at radius 1 is 1.09 bits per heavy atom. The molecule has 170 valence electrons. The van der Waals surface area contributed by atoms with Crippen LogP contribution in [0.1, 0.15) is 5.56 Å². The zero-order valence-electron chi connectivity index (χ0n) is 18.5. The number of anilines is 1. The van der Waals surface area contributed by atoms with Crippen LogP contribution in [-0.4, -0.2) is 24.6 Å². The summed E-state index contributed by atoms with van der Waals surface area (Å²) in [4.78, 5) is 30.2. The predicted octanol–water partition coefficient (Wildman–Crippen LogP) is 5.40. The molecule has 0 unspecified atom stereocenters. The molecule has 5 aromatic rings. The number of nitrogens with one attached hydrogen (secondary N) is 1. The van der Waals surface area contributed by atoms with Gasteiger partial charge >= 0.3 is 0 Å². The van der Waals surface area contributed by atoms with Gasteiger partial charge in [0.05, 0.1) is 22.7 Å². The van der Waals surface area contributed by atoms with E-state index in [1.807, 2.05) is 49.4 Å². The van der Waals surface area contributed by atoms with Crippen molar-refractivity contribution in [2.75, 3.05) is 19.0 Å². The Balaban J connectivity index is 1.42. The van der Waals surface area contributed by atoms with Gasteiger partial charge in [-0.15, -0.1) is 0 Å². The molecule has 0 aliphatic carbocycles. The summed E-state index contributed by atoms with van der Waals surface area (Å²) >= 11 is 1.32. The number of ether oxygens (including phenoxy) is 2. The lowest BCUT2D eigenvalue weighted by molar-refractivity contribution is -0.118. The molecule has 0 saturated carbocycles. The number of methoxy groups -OCH3 is 1. The third kappa shape index (κ3) is 4.23. The molecule has 8 heteroatoms. The maximum absolute atomic E-state index is 13.2. The van der Waals surface area contributed by atoms with Crippen LogP contribution in [0.15, 0.2) is 75.9 Å². The topological polar surface area (TPSA) is 90.7 Å². The van der Waals surface area contributed by atoms with Gasteiger partial charge in [-0.1, -0.05) is 53.3 Å². The molecule has 0 bridgehead atoms. The number of fused-ring (bicyclic) bond motifs is 2. The fourth-order valence-electron chi connectivity index (χ4n) is 3.53. The number of nitrogens with zero attached hydrogens (tertiary/aromatic N) is 1. The van der Waals surface area contributed by atoms with E-state index in [0.29, 0.717) is 27.4 Å². The van der Waals surface area contributed by atoms with Gasteiger partial charge in [-0.05, 0) is 37.3 Å². The van der Waals surface area contributed by atoms with Crippen LogP contribution in [-0.2, 0) is 4.79 Å². The summed E-state index contributed by atoms with van der Waals surface area (Å²) in [7, 11) is 1.59. The molecule has 0 aliphatic rings. The minimum Gasteiger partial charge on any atom is -0.497 e. The van der Waals surface area contributed by atoms with Crippen LogP contribution in [0.25, 0.3) is 32.5 Å². The van der Waals surface area contributed by atoms with Gasteiger partial charge in [0, 0.05) is 5.56 Å². The molecule has 34 heavy (non-hydrogen) atoms. The number of carbonyl (C=O) groups is 1. The molecule has 1 N–H and O–H groups in total. The Morgan fingerprint density at radius 2 is 1.88 bits per heavy atom. The van der Waals surface area contributed by atoms with Crippen LogP contribution < -0.4 is 20.2 Å². The zero-order chi connectivity index (χ0) is 23.7. The van der Waals surface area contributed by atoms with Crippen molar-refractivity contribution >= 4 is 43.6 Å². The number of aromatic nitrogens is 1. The number of thiazole rings is 1. The molecular weight excluding hydrogens is 452 g/mol. The fourth-order valence-corrected chi connectivity index (χ4v) is 4.44. The molecule has 0 atom stereocenters. The predicted molar refractivity (Wildman–Crippen MR) is 133 cm³/mol. The van der Waals surface area contributed by atoms with E-state index in [-0.39, 0.29) is 23.5 Å². The highest BCUT2D eigenvalue weighted by Crippen LogP contribution is 2.32. The van der Waals surface area contributed by atoms with Crippen molar-refractivity contribution < 1.29 is 18.7 Å². The van der Waals surface area contributed by atoms with Gasteiger partial charge in [0.15, 0.2) is 17.5 Å². The van der Waals surface area contributed by atoms with E-state index >= 15 is 0 Å². The van der Waals surface area contributed by atoms with Crippen LogP contribution in [0, 0.1) is 6.92 Å². The van der Waals surface area contributed by atoms with Crippen molar-refractivity contribution in [1.82, 2.24) is 4.98 Å². The minimum absolute atomic E-state index is 0.00765. The SMILES string of the molecule is COc1ccc2nc(NC(=O)COc3c(-c4ccc(C)cc4)oc4ccccc4c3=O)sc2c1. The first-order valence-electron chi connectivity index (χ1n) is 10.5. The first kappa shape index (κ1) is 21.7. The molecule has 0 radical (unpaired) electrons. The van der Waals surface area contributed by atoms with Gasteiger partial charge in [0.2, 0.25) is 11.2 Å². The van der Waals surface area contributed by atoms with E-state index in [9.17, 15) is 9.59 Å². The molecule has 0 spiro atoms. The Hall–Kier alpha value is -4.17. The van der Waals surface area contributed by atoms with E-state index in [2.05, 4.69) is 10.3 Å². The maximum atomic E-state index is 13.2. The number of amides is 1. The van der Waals surface area contributed by atoms with E-state index in [4.69, 9.17) is 13.9 Å². The van der Waals surface area contributed by atoms with Crippen LogP contribution >= 0.6 is 11.3 Å². The van der Waals surface area contributed by atoms with Crippen molar-refractivity contribution in [3.63, 3.8) is 0 Å². The molecule has 2 heterocycles. The number of carbonyl (C=O) groups excluding carboxylic acids is 1. The van der Waals surface area contributed by atoms with Crippen LogP contribution in [0.3, 0.4) is 0 Å². The number of aryl methyl sites for hydroxylation is 1. The van der Waals surface area contributed by atoms with Gasteiger partial charge in [-0.25, -0.2) is 4.98 Å². The van der Waals surface area contributed by atoms with Crippen LogP contribution in [0.2, 0.25) is 0 Å². The van der Waals surface area contributed by atoms with Gasteiger partial charge < -0.3 is 13.9 Å². The summed E-state index contributed by atoms with van der Waals surface area (Å²) in [6.07, 6.45) is 0. The molecule has 3 aromatic carbocycles. The zero-order valence-corrected chi connectivity index (χ0v) is 19.3. The standard InChI is InChI=1S/C26H20N2O5S/c1-15-7-9-16(10-8-15)24-25(23(30)18-5-3-4-6-20(18)33-24)32-14-22(29)28-26-27-19-12-11-17(31-2)13-21(19)34-26/h3-13H,14H2,1-2H3,(H,27,28,29). The summed E-state index contributed by atoms with van der Waals surface area (Å²) in [5.74, 6) is 0.549. The van der Waals surface area contributed by atoms with E-state index in [0.717, 1.165) is 15.8 Å². The molecular formula is C26H20N2O5S. The molecule has 0 saturated heterocycles. The van der Waals surface area contributed by atoms with E-state index in [1.165, 1.54) is 11.3 Å². The molecule has 1 amide bonds. The lowest BCUT2D eigenvalue weighted by atomic mass is 10.1. The average Bonchev–Trinajstić information content (AvgIpc) is 3.25. The van der Waals surface area contributed by atoms with Gasteiger partial charge in [-0.2, -0.15) is 0 Å². The highest BCUT2D eigenvalue weighted by atomic mass is 32.1. The van der Waals surface area contributed by atoms with Crippen molar-refractivity contribution in [2.24, 2.45) is 0 Å². The third-order valence-electron chi connectivity index (χ3n) is 5.26. The first-order chi connectivity index (χ1) is 16.5. The summed E-state index contributed by atoms with van der Waals surface area (Å²) in [6, 6.07) is 20.0. The lowest BCUT2D eigenvalue weighted by Crippen LogP contribution is -2.22. The first-order valence-corrected chi connectivity index (χ1v) is 11.3. The molecule has 5 rings (SSSR count). The van der Waals surface area contributed by atoms with Crippen molar-refractivity contribution in [3.8, 4) is 22.8 Å². The van der Waals surface area contributed by atoms with Crippen LogP contribution in [0.4, 0.5) is 5.13 Å². The second-order valence-electron chi connectivity index (χ2n) is 7.64. The summed E-state index contributed by atoms with van der Waals surface area (Å²) in [5, 5.41) is 3.55. The Kier molecular flexibility index (Phi) is 5.73. The van der Waals surface area contributed by atoms with E-state index in [1.54, 1.807) is 31.4 Å². The third-order valence-corrected chi connectivity index (χ3v) is 6.19. The summed E-state index contributed by atoms with van der Waals surface area (Å²) < 4.78 is 17.9. The number of rotatable bonds is 6. The second-order valence-corrected chi connectivity index (χ2v) is 8.67. The fraction of sp³-hybridized carbons (Fsp3) is 0.115. The molecule has 2 aromatic heterocycles. The number of benzene rings is 3. The number of para-hydroxylation sites is 1. The monoisotopic (exact) mass is 472 g/mol. The average molecular weight is 473 g/mol. The second kappa shape index (κ2) is 8.99. The number of hydrogen-bond acceptors (Lipinski definition) is 7. The van der Waals surface area contributed by atoms with E-state index < -0.39 is 5.91 Å². The molecule has 7 nitrogen and oxygen atoms in total. The Labute approximate surface area is 198 Å². The quantitative estimate of drug-likeness (QED) is 0.356. The van der Waals surface area contributed by atoms with Crippen molar-refractivity contribution in [2.45, 2.75) is 6.92 Å². The Bertz CT molecular complexity index is 1570. The Morgan fingerprint density at radius 3 is 2.68 bits per heavy atom. The van der Waals surface area contributed by atoms with Gasteiger partial charge in [0.25, 0.3) is 5.91 Å². The van der Waals surface area contributed by atoms with Crippen molar-refractivity contribution in [1.29, 1.82) is 0 Å². The van der Waals surface area contributed by atoms with Gasteiger partial charge in [0.1, 0.15) is 11.3 Å². The smallest absolute Gasteiger partial charge is 0.264 e.